The van der Waals surface area contributed by atoms with E-state index in [2.05, 4.69) is 12.2 Å². The highest BCUT2D eigenvalue weighted by molar-refractivity contribution is 4.79. The number of rotatable bonds is 17. The number of aliphatic hydroxyl groups excluding tert-OH is 1. The maximum absolute atomic E-state index is 10.2. The minimum atomic E-state index is -0.109. The number of hydrogen-bond acceptors (Lipinski definition) is 2. The van der Waals surface area contributed by atoms with Crippen molar-refractivity contribution < 1.29 is 5.11 Å². The molecule has 25 heavy (non-hydrogen) atoms. The summed E-state index contributed by atoms with van der Waals surface area (Å²) < 4.78 is 0. The number of aliphatic hydroxyl groups is 1. The van der Waals surface area contributed by atoms with Gasteiger partial charge in [-0.15, -0.1) is 0 Å². The Morgan fingerprint density at radius 2 is 1.20 bits per heavy atom. The van der Waals surface area contributed by atoms with Crippen LogP contribution in [0.15, 0.2) is 0 Å². The van der Waals surface area contributed by atoms with Gasteiger partial charge in [0.15, 0.2) is 0 Å². The van der Waals surface area contributed by atoms with Crippen molar-refractivity contribution in [3.05, 3.63) is 0 Å². The van der Waals surface area contributed by atoms with Crippen LogP contribution >= 0.6 is 0 Å². The van der Waals surface area contributed by atoms with Gasteiger partial charge in [0.1, 0.15) is 0 Å². The lowest BCUT2D eigenvalue weighted by molar-refractivity contribution is 0.102. The van der Waals surface area contributed by atoms with E-state index in [1.165, 1.54) is 116 Å². The molecule has 2 atom stereocenters. The fourth-order valence-corrected chi connectivity index (χ4v) is 4.13. The smallest absolute Gasteiger partial charge is 0.0693 e. The van der Waals surface area contributed by atoms with Gasteiger partial charge in [-0.1, -0.05) is 110 Å². The molecule has 2 unspecified atom stereocenters. The second-order valence-electron chi connectivity index (χ2n) is 8.36. The maximum Gasteiger partial charge on any atom is 0.0693 e. The number of hydrogen-bond donors (Lipinski definition) is 2. The molecule has 0 aliphatic carbocycles. The zero-order chi connectivity index (χ0) is 18.0. The lowest BCUT2D eigenvalue weighted by Gasteiger charge is -2.28. The van der Waals surface area contributed by atoms with E-state index >= 15 is 0 Å². The summed E-state index contributed by atoms with van der Waals surface area (Å²) in [4.78, 5) is 0. The summed E-state index contributed by atoms with van der Waals surface area (Å²) in [6, 6.07) is 0.375. The van der Waals surface area contributed by atoms with E-state index in [4.69, 9.17) is 0 Å². The first-order chi connectivity index (χ1) is 12.3. The molecule has 2 N–H and O–H groups in total. The largest absolute Gasteiger partial charge is 0.392 e. The molecule has 1 rings (SSSR count). The van der Waals surface area contributed by atoms with E-state index in [0.717, 1.165) is 13.0 Å². The van der Waals surface area contributed by atoms with E-state index < -0.39 is 0 Å². The van der Waals surface area contributed by atoms with E-state index in [1.807, 2.05) is 0 Å². The predicted octanol–water partition coefficient (Wildman–Crippen LogP) is 6.75. The minimum Gasteiger partial charge on any atom is -0.392 e. The molecule has 1 fully saturated rings. The summed E-state index contributed by atoms with van der Waals surface area (Å²) in [5.74, 6) is 0. The topological polar surface area (TPSA) is 32.3 Å². The summed E-state index contributed by atoms with van der Waals surface area (Å²) in [5.41, 5.74) is 0. The Morgan fingerprint density at radius 3 is 1.64 bits per heavy atom. The summed E-state index contributed by atoms with van der Waals surface area (Å²) >= 11 is 0. The maximum atomic E-state index is 10.2. The average Bonchev–Trinajstić information content (AvgIpc) is 2.65. The first-order valence-corrected chi connectivity index (χ1v) is 11.8. The minimum absolute atomic E-state index is 0.109. The first-order valence-electron chi connectivity index (χ1n) is 11.8. The molecular weight excluding hydrogens is 306 g/mol. The van der Waals surface area contributed by atoms with Crippen molar-refractivity contribution >= 4 is 0 Å². The Morgan fingerprint density at radius 1 is 0.720 bits per heavy atom. The molecule has 0 aromatic rings. The molecule has 0 aromatic heterocycles. The van der Waals surface area contributed by atoms with Gasteiger partial charge in [0, 0.05) is 6.04 Å². The van der Waals surface area contributed by atoms with Gasteiger partial charge in [0.05, 0.1) is 6.10 Å². The van der Waals surface area contributed by atoms with Crippen LogP contribution in [0.2, 0.25) is 0 Å². The second-order valence-corrected chi connectivity index (χ2v) is 8.36. The standard InChI is InChI=1S/C23H47NO/c1-2-3-4-5-6-7-8-9-10-11-12-13-14-15-16-20-23(25)22-19-17-18-21-24-22/h22-25H,2-21H2,1H3. The third-order valence-electron chi connectivity index (χ3n) is 5.92. The van der Waals surface area contributed by atoms with Crippen molar-refractivity contribution in [2.75, 3.05) is 6.54 Å². The van der Waals surface area contributed by atoms with Crippen LogP contribution in [-0.2, 0) is 0 Å². The van der Waals surface area contributed by atoms with Gasteiger partial charge in [0.25, 0.3) is 0 Å². The lowest BCUT2D eigenvalue weighted by Crippen LogP contribution is -2.43. The van der Waals surface area contributed by atoms with Crippen LogP contribution in [0.4, 0.5) is 0 Å². The van der Waals surface area contributed by atoms with Crippen molar-refractivity contribution in [1.82, 2.24) is 5.32 Å². The van der Waals surface area contributed by atoms with Crippen LogP contribution in [0.3, 0.4) is 0 Å². The van der Waals surface area contributed by atoms with E-state index in [9.17, 15) is 5.11 Å². The summed E-state index contributed by atoms with van der Waals surface area (Å²) in [6.07, 6.45) is 25.7. The van der Waals surface area contributed by atoms with E-state index in [-0.39, 0.29) is 6.10 Å². The molecule has 1 aliphatic heterocycles. The molecule has 1 heterocycles. The molecule has 0 spiro atoms. The molecule has 150 valence electrons. The highest BCUT2D eigenvalue weighted by Gasteiger charge is 2.20. The van der Waals surface area contributed by atoms with Crippen LogP contribution in [-0.4, -0.2) is 23.8 Å². The van der Waals surface area contributed by atoms with Crippen LogP contribution in [0.5, 0.6) is 0 Å². The Labute approximate surface area is 158 Å². The second kappa shape index (κ2) is 17.3. The van der Waals surface area contributed by atoms with Crippen LogP contribution in [0.1, 0.15) is 129 Å². The number of nitrogens with one attached hydrogen (secondary N) is 1. The quantitative estimate of drug-likeness (QED) is 0.283. The summed E-state index contributed by atoms with van der Waals surface area (Å²) in [6.45, 7) is 3.39. The van der Waals surface area contributed by atoms with Crippen molar-refractivity contribution in [2.24, 2.45) is 0 Å². The Bertz CT molecular complexity index is 263. The van der Waals surface area contributed by atoms with Crippen LogP contribution in [0.25, 0.3) is 0 Å². The fraction of sp³-hybridized carbons (Fsp3) is 1.00. The first kappa shape index (κ1) is 23.0. The van der Waals surface area contributed by atoms with Gasteiger partial charge in [-0.2, -0.15) is 0 Å². The van der Waals surface area contributed by atoms with Gasteiger partial charge in [-0.3, -0.25) is 0 Å². The normalized spacial score (nSPS) is 19.2. The molecule has 0 radical (unpaired) electrons. The molecule has 2 nitrogen and oxygen atoms in total. The Hall–Kier alpha value is -0.0800. The molecule has 0 bridgehead atoms. The van der Waals surface area contributed by atoms with Gasteiger partial charge in [-0.25, -0.2) is 0 Å². The third kappa shape index (κ3) is 13.7. The highest BCUT2D eigenvalue weighted by atomic mass is 16.3. The lowest BCUT2D eigenvalue weighted by atomic mass is 9.96. The van der Waals surface area contributed by atoms with Gasteiger partial charge >= 0.3 is 0 Å². The van der Waals surface area contributed by atoms with E-state index in [1.54, 1.807) is 0 Å². The van der Waals surface area contributed by atoms with Crippen molar-refractivity contribution in [2.45, 2.75) is 141 Å². The molecule has 0 saturated carbocycles. The summed E-state index contributed by atoms with van der Waals surface area (Å²) in [7, 11) is 0. The predicted molar refractivity (Wildman–Crippen MR) is 111 cm³/mol. The molecule has 0 aromatic carbocycles. The van der Waals surface area contributed by atoms with Crippen molar-refractivity contribution in [3.8, 4) is 0 Å². The fourth-order valence-electron chi connectivity index (χ4n) is 4.13. The zero-order valence-corrected chi connectivity index (χ0v) is 17.2. The van der Waals surface area contributed by atoms with Gasteiger partial charge in [0.2, 0.25) is 0 Å². The zero-order valence-electron chi connectivity index (χ0n) is 17.2. The monoisotopic (exact) mass is 353 g/mol. The van der Waals surface area contributed by atoms with Crippen molar-refractivity contribution in [3.63, 3.8) is 0 Å². The third-order valence-corrected chi connectivity index (χ3v) is 5.92. The summed E-state index contributed by atoms with van der Waals surface area (Å²) in [5, 5.41) is 13.7. The van der Waals surface area contributed by atoms with Crippen LogP contribution in [0, 0.1) is 0 Å². The molecule has 1 aliphatic rings. The Kier molecular flexibility index (Phi) is 15.9. The number of piperidine rings is 1. The van der Waals surface area contributed by atoms with Gasteiger partial charge < -0.3 is 10.4 Å². The van der Waals surface area contributed by atoms with Crippen LogP contribution < -0.4 is 5.32 Å². The average molecular weight is 354 g/mol. The molecule has 1 saturated heterocycles. The molecule has 2 heteroatoms. The number of unbranched alkanes of at least 4 members (excludes halogenated alkanes) is 14. The molecular formula is C23H47NO. The molecule has 0 amide bonds. The Balaban J connectivity index is 1.73. The SMILES string of the molecule is CCCCCCCCCCCCCCCCCC(O)C1CCCCN1. The van der Waals surface area contributed by atoms with Gasteiger partial charge in [-0.05, 0) is 25.8 Å². The highest BCUT2D eigenvalue weighted by Crippen LogP contribution is 2.17. The van der Waals surface area contributed by atoms with E-state index in [0.29, 0.717) is 6.04 Å². The van der Waals surface area contributed by atoms with Crippen molar-refractivity contribution in [1.29, 1.82) is 0 Å².